The first-order valence-electron chi connectivity index (χ1n) is 10.9. The van der Waals surface area contributed by atoms with Crippen LogP contribution < -0.4 is 14.8 Å². The van der Waals surface area contributed by atoms with Crippen molar-refractivity contribution in [2.24, 2.45) is 7.05 Å². The standard InChI is InChI=1S/C23H26F3N5O3/c1-30-19(13-17(28-30)16-12-14(33-2)8-9-20(16)34-3)22(32)27-10-11-31-18-7-5-4-6-15(18)21(29-31)23(24,25)26/h8-9,12-13H,4-7,10-11H2,1-3H3,(H,27,32). The zero-order chi connectivity index (χ0) is 24.5. The molecule has 0 unspecified atom stereocenters. The Morgan fingerprint density at radius 2 is 1.88 bits per heavy atom. The molecule has 4 rings (SSSR count). The minimum absolute atomic E-state index is 0.132. The summed E-state index contributed by atoms with van der Waals surface area (Å²) in [6.07, 6.45) is -2.00. The second-order valence-corrected chi connectivity index (χ2v) is 8.06. The molecule has 3 aromatic rings. The number of alkyl halides is 3. The highest BCUT2D eigenvalue weighted by molar-refractivity contribution is 5.93. The predicted molar refractivity (Wildman–Crippen MR) is 118 cm³/mol. The normalized spacial score (nSPS) is 13.5. The van der Waals surface area contributed by atoms with E-state index in [9.17, 15) is 18.0 Å². The van der Waals surface area contributed by atoms with E-state index in [1.54, 1.807) is 45.5 Å². The number of hydrogen-bond acceptors (Lipinski definition) is 5. The molecule has 0 fully saturated rings. The second kappa shape index (κ2) is 9.40. The van der Waals surface area contributed by atoms with E-state index in [0.717, 1.165) is 12.8 Å². The van der Waals surface area contributed by atoms with Gasteiger partial charge in [-0.2, -0.15) is 23.4 Å². The Bertz CT molecular complexity index is 1200. The zero-order valence-electron chi connectivity index (χ0n) is 19.2. The minimum atomic E-state index is -4.48. The number of hydrogen-bond donors (Lipinski definition) is 1. The average Bonchev–Trinajstić information content (AvgIpc) is 3.39. The van der Waals surface area contributed by atoms with Gasteiger partial charge in [0.15, 0.2) is 5.69 Å². The molecule has 1 aliphatic carbocycles. The summed E-state index contributed by atoms with van der Waals surface area (Å²) < 4.78 is 53.6. The fourth-order valence-corrected chi connectivity index (χ4v) is 4.27. The van der Waals surface area contributed by atoms with Gasteiger partial charge < -0.3 is 14.8 Å². The highest BCUT2D eigenvalue weighted by Crippen LogP contribution is 2.36. The van der Waals surface area contributed by atoms with Crippen LogP contribution in [0.1, 0.15) is 40.3 Å². The van der Waals surface area contributed by atoms with Crippen molar-refractivity contribution in [2.75, 3.05) is 20.8 Å². The Balaban J connectivity index is 1.48. The van der Waals surface area contributed by atoms with Gasteiger partial charge in [0, 0.05) is 30.4 Å². The maximum Gasteiger partial charge on any atom is 0.435 e. The maximum atomic E-state index is 13.4. The third-order valence-electron chi connectivity index (χ3n) is 5.93. The second-order valence-electron chi connectivity index (χ2n) is 8.06. The van der Waals surface area contributed by atoms with Crippen LogP contribution in [-0.4, -0.2) is 46.2 Å². The number of rotatable bonds is 7. The van der Waals surface area contributed by atoms with E-state index in [-0.39, 0.29) is 24.6 Å². The Morgan fingerprint density at radius 3 is 2.59 bits per heavy atom. The largest absolute Gasteiger partial charge is 0.497 e. The number of fused-ring (bicyclic) bond motifs is 1. The molecule has 2 heterocycles. The Hall–Kier alpha value is -3.50. The fourth-order valence-electron chi connectivity index (χ4n) is 4.27. The molecule has 0 atom stereocenters. The van der Waals surface area contributed by atoms with Crippen molar-refractivity contribution in [1.29, 1.82) is 0 Å². The summed E-state index contributed by atoms with van der Waals surface area (Å²) in [7, 11) is 4.74. The monoisotopic (exact) mass is 477 g/mol. The summed E-state index contributed by atoms with van der Waals surface area (Å²) in [4.78, 5) is 12.8. The third-order valence-corrected chi connectivity index (χ3v) is 5.93. The van der Waals surface area contributed by atoms with Gasteiger partial charge >= 0.3 is 6.18 Å². The summed E-state index contributed by atoms with van der Waals surface area (Å²) >= 11 is 0. The molecule has 8 nitrogen and oxygen atoms in total. The number of aryl methyl sites for hydroxylation is 1. The van der Waals surface area contributed by atoms with Crippen LogP contribution in [0, 0.1) is 0 Å². The van der Waals surface area contributed by atoms with Gasteiger partial charge in [0.2, 0.25) is 0 Å². The SMILES string of the molecule is COc1ccc(OC)c(-c2cc(C(=O)NCCn3nc(C(F)(F)F)c4c3CCCC4)n(C)n2)c1. The third kappa shape index (κ3) is 4.59. The molecule has 34 heavy (non-hydrogen) atoms. The van der Waals surface area contributed by atoms with Crippen molar-refractivity contribution < 1.29 is 27.4 Å². The Kier molecular flexibility index (Phi) is 6.54. The molecule has 0 bridgehead atoms. The van der Waals surface area contributed by atoms with Crippen molar-refractivity contribution in [3.63, 3.8) is 0 Å². The van der Waals surface area contributed by atoms with Crippen LogP contribution in [0.2, 0.25) is 0 Å². The smallest absolute Gasteiger partial charge is 0.435 e. The van der Waals surface area contributed by atoms with E-state index in [4.69, 9.17) is 9.47 Å². The number of aromatic nitrogens is 4. The van der Waals surface area contributed by atoms with E-state index in [0.29, 0.717) is 47.0 Å². The van der Waals surface area contributed by atoms with Crippen molar-refractivity contribution in [3.8, 4) is 22.8 Å². The quantitative estimate of drug-likeness (QED) is 0.562. The van der Waals surface area contributed by atoms with Crippen LogP contribution in [0.4, 0.5) is 13.2 Å². The lowest BCUT2D eigenvalue weighted by Gasteiger charge is -2.15. The van der Waals surface area contributed by atoms with Crippen LogP contribution in [0.5, 0.6) is 11.5 Å². The number of methoxy groups -OCH3 is 2. The van der Waals surface area contributed by atoms with Gasteiger partial charge in [0.1, 0.15) is 17.2 Å². The fraction of sp³-hybridized carbons (Fsp3) is 0.435. The van der Waals surface area contributed by atoms with Crippen LogP contribution in [0.3, 0.4) is 0 Å². The number of nitrogens with one attached hydrogen (secondary N) is 1. The van der Waals surface area contributed by atoms with Crippen molar-refractivity contribution in [2.45, 2.75) is 38.4 Å². The molecule has 0 radical (unpaired) electrons. The van der Waals surface area contributed by atoms with Gasteiger partial charge in [0.25, 0.3) is 5.91 Å². The first-order chi connectivity index (χ1) is 16.2. The van der Waals surface area contributed by atoms with Gasteiger partial charge in [-0.15, -0.1) is 0 Å². The lowest BCUT2D eigenvalue weighted by molar-refractivity contribution is -0.142. The van der Waals surface area contributed by atoms with Gasteiger partial charge in [-0.05, 0) is 49.9 Å². The van der Waals surface area contributed by atoms with Gasteiger partial charge in [0.05, 0.1) is 26.5 Å². The van der Waals surface area contributed by atoms with Gasteiger partial charge in [-0.3, -0.25) is 14.2 Å². The van der Waals surface area contributed by atoms with E-state index < -0.39 is 11.9 Å². The zero-order valence-corrected chi connectivity index (χ0v) is 19.2. The lowest BCUT2D eigenvalue weighted by Crippen LogP contribution is -2.29. The van der Waals surface area contributed by atoms with Gasteiger partial charge in [-0.1, -0.05) is 0 Å². The van der Waals surface area contributed by atoms with Crippen LogP contribution in [-0.2, 0) is 32.6 Å². The highest BCUT2D eigenvalue weighted by atomic mass is 19.4. The van der Waals surface area contributed by atoms with Crippen LogP contribution in [0.15, 0.2) is 24.3 Å². The molecule has 0 saturated heterocycles. The molecule has 0 aliphatic heterocycles. The number of benzene rings is 1. The summed E-state index contributed by atoms with van der Waals surface area (Å²) in [5.74, 6) is 0.809. The van der Waals surface area contributed by atoms with Crippen molar-refractivity contribution in [3.05, 3.63) is 46.9 Å². The molecule has 0 saturated carbocycles. The molecule has 1 aromatic carbocycles. The molecule has 0 spiro atoms. The van der Waals surface area contributed by atoms with E-state index in [1.807, 2.05) is 0 Å². The number of amides is 1. The predicted octanol–water partition coefficient (Wildman–Crippen LogP) is 3.63. The first kappa shape index (κ1) is 23.7. The molecule has 1 N–H and O–H groups in total. The molecular weight excluding hydrogens is 451 g/mol. The molecule has 1 amide bonds. The molecule has 2 aromatic heterocycles. The molecule has 1 aliphatic rings. The molecule has 11 heteroatoms. The van der Waals surface area contributed by atoms with Crippen molar-refractivity contribution in [1.82, 2.24) is 24.9 Å². The van der Waals surface area contributed by atoms with Crippen LogP contribution >= 0.6 is 0 Å². The first-order valence-corrected chi connectivity index (χ1v) is 10.9. The summed E-state index contributed by atoms with van der Waals surface area (Å²) in [6.45, 7) is 0.284. The van der Waals surface area contributed by atoms with Gasteiger partial charge in [-0.25, -0.2) is 0 Å². The minimum Gasteiger partial charge on any atom is -0.497 e. The Labute approximate surface area is 194 Å². The number of carbonyl (C=O) groups excluding carboxylic acids is 1. The molecule has 182 valence electrons. The Morgan fingerprint density at radius 1 is 1.12 bits per heavy atom. The van der Waals surface area contributed by atoms with Crippen molar-refractivity contribution >= 4 is 5.91 Å². The summed E-state index contributed by atoms with van der Waals surface area (Å²) in [5, 5.41) is 11.0. The average molecular weight is 477 g/mol. The summed E-state index contributed by atoms with van der Waals surface area (Å²) in [6, 6.07) is 6.91. The van der Waals surface area contributed by atoms with E-state index in [1.165, 1.54) is 9.36 Å². The highest BCUT2D eigenvalue weighted by Gasteiger charge is 2.39. The maximum absolute atomic E-state index is 13.4. The number of nitrogens with zero attached hydrogens (tertiary/aromatic N) is 4. The van der Waals surface area contributed by atoms with E-state index in [2.05, 4.69) is 15.5 Å². The number of halogens is 3. The molecular formula is C23H26F3N5O3. The lowest BCUT2D eigenvalue weighted by atomic mass is 9.95. The summed E-state index contributed by atoms with van der Waals surface area (Å²) in [5.41, 5.74) is 1.59. The topological polar surface area (TPSA) is 83.2 Å². The van der Waals surface area contributed by atoms with Crippen LogP contribution in [0.25, 0.3) is 11.3 Å². The number of carbonyl (C=O) groups is 1. The van der Waals surface area contributed by atoms with E-state index >= 15 is 0 Å². The number of ether oxygens (including phenoxy) is 2.